The molecule has 1 aliphatic carbocycles. The van der Waals surface area contributed by atoms with Gasteiger partial charge in [-0.05, 0) is 65.0 Å². The van der Waals surface area contributed by atoms with E-state index in [1.807, 2.05) is 34.6 Å². The zero-order valence-corrected chi connectivity index (χ0v) is 13.9. The number of nitrogens with one attached hydrogen (secondary N) is 1. The molecule has 0 radical (unpaired) electrons. The van der Waals surface area contributed by atoms with Crippen molar-refractivity contribution in [3.63, 3.8) is 0 Å². The molecule has 1 aromatic rings. The van der Waals surface area contributed by atoms with Crippen LogP contribution in [-0.2, 0) is 16.6 Å². The number of amides is 1. The van der Waals surface area contributed by atoms with E-state index in [1.54, 1.807) is 0 Å². The van der Waals surface area contributed by atoms with Gasteiger partial charge < -0.3 is 11.1 Å². The van der Waals surface area contributed by atoms with Crippen LogP contribution in [0.1, 0.15) is 58.6 Å². The summed E-state index contributed by atoms with van der Waals surface area (Å²) >= 11 is 0. The van der Waals surface area contributed by atoms with Crippen LogP contribution in [0, 0.1) is 0 Å². The van der Waals surface area contributed by atoms with Crippen molar-refractivity contribution >= 4 is 5.91 Å². The van der Waals surface area contributed by atoms with Gasteiger partial charge in [-0.25, -0.2) is 0 Å². The molecule has 1 saturated carbocycles. The molecule has 2 rings (SSSR count). The first kappa shape index (κ1) is 16.0. The molecule has 0 aliphatic heterocycles. The molecule has 0 aromatic heterocycles. The summed E-state index contributed by atoms with van der Waals surface area (Å²) in [6.07, 6.45) is 3.17. The number of carbonyl (C=O) groups excluding carboxylic acids is 1. The third-order valence-electron chi connectivity index (χ3n) is 4.18. The largest absolute Gasteiger partial charge is 0.351 e. The molecule has 0 unspecified atom stereocenters. The molecule has 0 heterocycles. The van der Waals surface area contributed by atoms with Gasteiger partial charge in [-0.2, -0.15) is 0 Å². The van der Waals surface area contributed by atoms with Gasteiger partial charge in [-0.3, -0.25) is 4.79 Å². The zero-order valence-electron chi connectivity index (χ0n) is 13.9. The van der Waals surface area contributed by atoms with Crippen LogP contribution in [-0.4, -0.2) is 17.0 Å². The van der Waals surface area contributed by atoms with Crippen molar-refractivity contribution < 1.29 is 4.79 Å². The second-order valence-corrected chi connectivity index (χ2v) is 8.07. The summed E-state index contributed by atoms with van der Waals surface area (Å²) in [5.74, 6) is 0.0558. The number of nitrogens with two attached hydrogens (primary N) is 1. The number of benzene rings is 1. The summed E-state index contributed by atoms with van der Waals surface area (Å²) in [6.45, 7) is 9.93. The van der Waals surface area contributed by atoms with Gasteiger partial charge >= 0.3 is 0 Å². The Morgan fingerprint density at radius 1 is 1.14 bits per heavy atom. The van der Waals surface area contributed by atoms with Crippen LogP contribution in [0.4, 0.5) is 0 Å². The lowest BCUT2D eigenvalue weighted by Crippen LogP contribution is -2.48. The molecule has 3 nitrogen and oxygen atoms in total. The van der Waals surface area contributed by atoms with Crippen molar-refractivity contribution in [2.75, 3.05) is 0 Å². The Morgan fingerprint density at radius 3 is 2.10 bits per heavy atom. The van der Waals surface area contributed by atoms with E-state index in [2.05, 4.69) is 29.6 Å². The molecule has 116 valence electrons. The van der Waals surface area contributed by atoms with Crippen molar-refractivity contribution in [3.8, 4) is 0 Å². The highest BCUT2D eigenvalue weighted by Gasteiger charge is 2.38. The summed E-state index contributed by atoms with van der Waals surface area (Å²) in [6, 6.07) is 8.33. The molecule has 0 spiro atoms. The molecular weight excluding hydrogens is 260 g/mol. The second-order valence-electron chi connectivity index (χ2n) is 8.07. The summed E-state index contributed by atoms with van der Waals surface area (Å²) in [5, 5.41) is 3.06. The van der Waals surface area contributed by atoms with Crippen LogP contribution >= 0.6 is 0 Å². The lowest BCUT2D eigenvalue weighted by atomic mass is 9.82. The maximum Gasteiger partial charge on any atom is 0.230 e. The van der Waals surface area contributed by atoms with Crippen LogP contribution in [0.5, 0.6) is 0 Å². The first-order valence-corrected chi connectivity index (χ1v) is 7.73. The smallest absolute Gasteiger partial charge is 0.230 e. The van der Waals surface area contributed by atoms with Crippen LogP contribution in [0.25, 0.3) is 0 Å². The number of hydrogen-bond acceptors (Lipinski definition) is 2. The average molecular weight is 288 g/mol. The first-order chi connectivity index (χ1) is 9.52. The highest BCUT2D eigenvalue weighted by molar-refractivity contribution is 5.87. The lowest BCUT2D eigenvalue weighted by molar-refractivity contribution is -0.127. The minimum Gasteiger partial charge on any atom is -0.351 e. The van der Waals surface area contributed by atoms with E-state index in [0.29, 0.717) is 0 Å². The maximum atomic E-state index is 12.5. The van der Waals surface area contributed by atoms with Crippen molar-refractivity contribution in [2.24, 2.45) is 5.73 Å². The fourth-order valence-electron chi connectivity index (χ4n) is 2.41. The predicted octanol–water partition coefficient (Wildman–Crippen LogP) is 2.91. The molecule has 0 atom stereocenters. The molecule has 1 aromatic carbocycles. The quantitative estimate of drug-likeness (QED) is 0.895. The van der Waals surface area contributed by atoms with Crippen molar-refractivity contribution in [1.82, 2.24) is 5.32 Å². The lowest BCUT2D eigenvalue weighted by Gasteiger charge is -2.30. The maximum absolute atomic E-state index is 12.5. The normalized spacial score (nSPS) is 17.4. The highest BCUT2D eigenvalue weighted by atomic mass is 16.2. The molecule has 0 saturated heterocycles. The van der Waals surface area contributed by atoms with E-state index in [-0.39, 0.29) is 17.0 Å². The topological polar surface area (TPSA) is 55.1 Å². The minimum absolute atomic E-state index is 0.0284. The van der Waals surface area contributed by atoms with Crippen LogP contribution in [0.2, 0.25) is 0 Å². The Morgan fingerprint density at radius 2 is 1.67 bits per heavy atom. The Hall–Kier alpha value is -1.35. The van der Waals surface area contributed by atoms with Crippen LogP contribution in [0.3, 0.4) is 0 Å². The SMILES string of the molecule is CC(C)(C)NC(=O)C(C)(C)c1ccc(CC2(N)CC2)cc1. The van der Waals surface area contributed by atoms with Crippen LogP contribution in [0.15, 0.2) is 24.3 Å². The minimum atomic E-state index is -0.536. The summed E-state index contributed by atoms with van der Waals surface area (Å²) in [4.78, 5) is 12.5. The molecule has 21 heavy (non-hydrogen) atoms. The van der Waals surface area contributed by atoms with E-state index in [0.717, 1.165) is 24.8 Å². The molecule has 1 fully saturated rings. The second kappa shape index (κ2) is 5.13. The summed E-state index contributed by atoms with van der Waals surface area (Å²) < 4.78 is 0. The molecular formula is C18H28N2O. The van der Waals surface area contributed by atoms with Gasteiger partial charge in [0.2, 0.25) is 5.91 Å². The summed E-state index contributed by atoms with van der Waals surface area (Å²) in [7, 11) is 0. The molecule has 3 N–H and O–H groups in total. The molecule has 1 amide bonds. The van der Waals surface area contributed by atoms with E-state index in [9.17, 15) is 4.79 Å². The molecule has 1 aliphatic rings. The van der Waals surface area contributed by atoms with Gasteiger partial charge in [0.25, 0.3) is 0 Å². The summed E-state index contributed by atoms with van der Waals surface area (Å²) in [5.41, 5.74) is 7.72. The fourth-order valence-corrected chi connectivity index (χ4v) is 2.41. The predicted molar refractivity (Wildman–Crippen MR) is 87.2 cm³/mol. The standard InChI is InChI=1S/C18H28N2O/c1-16(2,3)20-15(21)17(4,5)14-8-6-13(7-9-14)12-18(19)10-11-18/h6-9H,10-12,19H2,1-5H3,(H,20,21). The molecule has 0 bridgehead atoms. The van der Waals surface area contributed by atoms with Crippen molar-refractivity contribution in [1.29, 1.82) is 0 Å². The highest BCUT2D eigenvalue weighted by Crippen LogP contribution is 2.36. The van der Waals surface area contributed by atoms with Crippen molar-refractivity contribution in [2.45, 2.75) is 70.4 Å². The average Bonchev–Trinajstić information content (AvgIpc) is 3.05. The van der Waals surface area contributed by atoms with Gasteiger partial charge in [0, 0.05) is 11.1 Å². The Bertz CT molecular complexity index is 519. The van der Waals surface area contributed by atoms with Gasteiger partial charge in [0.1, 0.15) is 0 Å². The first-order valence-electron chi connectivity index (χ1n) is 7.73. The van der Waals surface area contributed by atoms with Gasteiger partial charge in [0.15, 0.2) is 0 Å². The third-order valence-corrected chi connectivity index (χ3v) is 4.18. The van der Waals surface area contributed by atoms with E-state index >= 15 is 0 Å². The fraction of sp³-hybridized carbons (Fsp3) is 0.611. The Kier molecular flexibility index (Phi) is 3.92. The number of rotatable bonds is 4. The van der Waals surface area contributed by atoms with E-state index < -0.39 is 5.41 Å². The molecule has 3 heteroatoms. The van der Waals surface area contributed by atoms with Crippen LogP contribution < -0.4 is 11.1 Å². The van der Waals surface area contributed by atoms with Crippen molar-refractivity contribution in [3.05, 3.63) is 35.4 Å². The number of carbonyl (C=O) groups is 1. The zero-order chi connectivity index (χ0) is 15.9. The Labute approximate surface area is 128 Å². The Balaban J connectivity index is 2.10. The third kappa shape index (κ3) is 4.07. The van der Waals surface area contributed by atoms with E-state index in [1.165, 1.54) is 5.56 Å². The van der Waals surface area contributed by atoms with Gasteiger partial charge in [-0.15, -0.1) is 0 Å². The number of hydrogen-bond donors (Lipinski definition) is 2. The van der Waals surface area contributed by atoms with Gasteiger partial charge in [0.05, 0.1) is 5.41 Å². The monoisotopic (exact) mass is 288 g/mol. The van der Waals surface area contributed by atoms with Gasteiger partial charge in [-0.1, -0.05) is 24.3 Å². The van der Waals surface area contributed by atoms with E-state index in [4.69, 9.17) is 5.73 Å².